The van der Waals surface area contributed by atoms with Crippen molar-refractivity contribution in [2.75, 3.05) is 26.3 Å². The molecule has 1 spiro atoms. The molecule has 3 nitrogen and oxygen atoms in total. The standard InChI is InChI=1S/C8H14NO2/c10-5-6-11-9-4-3-8(7-9)1-2-8/h1-7H2. The molecule has 2 aliphatic rings. The van der Waals surface area contributed by atoms with Crippen LogP contribution >= 0.6 is 0 Å². The summed E-state index contributed by atoms with van der Waals surface area (Å²) in [7, 11) is 0. The Labute approximate surface area is 66.9 Å². The van der Waals surface area contributed by atoms with Crippen LogP contribution in [0.5, 0.6) is 0 Å². The molecular weight excluding hydrogens is 142 g/mol. The molecular formula is C8H14NO2. The molecule has 2 fully saturated rings. The lowest BCUT2D eigenvalue weighted by molar-refractivity contribution is -0.157. The van der Waals surface area contributed by atoms with Crippen molar-refractivity contribution in [2.24, 2.45) is 5.41 Å². The zero-order valence-corrected chi connectivity index (χ0v) is 6.71. The van der Waals surface area contributed by atoms with Gasteiger partial charge in [0.2, 0.25) is 0 Å². The van der Waals surface area contributed by atoms with Gasteiger partial charge in [0.05, 0.1) is 6.61 Å². The van der Waals surface area contributed by atoms with Crippen LogP contribution in [0.15, 0.2) is 0 Å². The van der Waals surface area contributed by atoms with Crippen LogP contribution in [-0.4, -0.2) is 31.4 Å². The lowest BCUT2D eigenvalue weighted by Crippen LogP contribution is -2.22. The second-order valence-electron chi connectivity index (χ2n) is 3.65. The molecule has 0 aromatic rings. The van der Waals surface area contributed by atoms with Gasteiger partial charge in [-0.15, -0.1) is 0 Å². The molecule has 1 aliphatic heterocycles. The molecule has 0 atom stereocenters. The molecule has 63 valence electrons. The van der Waals surface area contributed by atoms with Gasteiger partial charge in [0.15, 0.2) is 0 Å². The molecule has 0 bridgehead atoms. The van der Waals surface area contributed by atoms with E-state index in [1.807, 2.05) is 5.06 Å². The number of rotatable bonds is 3. The predicted octanol–water partition coefficient (Wildman–Crippen LogP) is 0.834. The van der Waals surface area contributed by atoms with Gasteiger partial charge in [0.1, 0.15) is 6.61 Å². The highest BCUT2D eigenvalue weighted by atomic mass is 16.7. The molecule has 0 aromatic carbocycles. The van der Waals surface area contributed by atoms with E-state index in [9.17, 15) is 5.11 Å². The minimum Gasteiger partial charge on any atom is -0.296 e. The molecule has 11 heavy (non-hydrogen) atoms. The maximum Gasteiger partial charge on any atom is 0.108 e. The highest BCUT2D eigenvalue weighted by Gasteiger charge is 2.48. The summed E-state index contributed by atoms with van der Waals surface area (Å²) < 4.78 is 0. The Hall–Kier alpha value is -0.120. The van der Waals surface area contributed by atoms with Crippen molar-refractivity contribution < 1.29 is 9.94 Å². The van der Waals surface area contributed by atoms with Gasteiger partial charge in [0, 0.05) is 13.1 Å². The quantitative estimate of drug-likeness (QED) is 0.606. The van der Waals surface area contributed by atoms with E-state index < -0.39 is 0 Å². The van der Waals surface area contributed by atoms with Crippen molar-refractivity contribution >= 4 is 0 Å². The van der Waals surface area contributed by atoms with E-state index >= 15 is 0 Å². The average Bonchev–Trinajstić information content (AvgIpc) is 2.61. The molecule has 3 heteroatoms. The molecule has 0 aromatic heterocycles. The first-order chi connectivity index (χ1) is 5.35. The SMILES string of the molecule is [O]CCON1CCC2(CC2)C1. The molecule has 0 N–H and O–H groups in total. The third-order valence-electron chi connectivity index (χ3n) is 2.72. The Balaban J connectivity index is 1.72. The lowest BCUT2D eigenvalue weighted by Gasteiger charge is -2.13. The maximum atomic E-state index is 10.1. The molecule has 1 heterocycles. The van der Waals surface area contributed by atoms with Crippen LogP contribution in [0.25, 0.3) is 0 Å². The molecule has 1 saturated carbocycles. The monoisotopic (exact) mass is 156 g/mol. The predicted molar refractivity (Wildman–Crippen MR) is 39.4 cm³/mol. The van der Waals surface area contributed by atoms with E-state index in [0.717, 1.165) is 13.1 Å². The van der Waals surface area contributed by atoms with Crippen LogP contribution in [0.1, 0.15) is 19.3 Å². The maximum absolute atomic E-state index is 10.1. The minimum absolute atomic E-state index is 0.122. The van der Waals surface area contributed by atoms with E-state index in [0.29, 0.717) is 12.0 Å². The van der Waals surface area contributed by atoms with Crippen LogP contribution in [-0.2, 0) is 9.94 Å². The molecule has 0 amide bonds. The third-order valence-corrected chi connectivity index (χ3v) is 2.72. The third kappa shape index (κ3) is 1.55. The second-order valence-corrected chi connectivity index (χ2v) is 3.65. The Morgan fingerprint density at radius 2 is 2.18 bits per heavy atom. The summed E-state index contributed by atoms with van der Waals surface area (Å²) in [6, 6.07) is 0. The normalized spacial score (nSPS) is 28.1. The van der Waals surface area contributed by atoms with Gasteiger partial charge < -0.3 is 0 Å². The average molecular weight is 156 g/mol. The Morgan fingerprint density at radius 1 is 1.36 bits per heavy atom. The van der Waals surface area contributed by atoms with Crippen LogP contribution in [0.3, 0.4) is 0 Å². The summed E-state index contributed by atoms with van der Waals surface area (Å²) in [5.74, 6) is 0. The van der Waals surface area contributed by atoms with E-state index in [4.69, 9.17) is 4.84 Å². The van der Waals surface area contributed by atoms with Gasteiger partial charge in [-0.3, -0.25) is 4.84 Å². The van der Waals surface area contributed by atoms with Crippen molar-refractivity contribution in [1.82, 2.24) is 5.06 Å². The Morgan fingerprint density at radius 3 is 2.73 bits per heavy atom. The summed E-state index contributed by atoms with van der Waals surface area (Å²) in [4.78, 5) is 5.25. The molecule has 1 aliphatic carbocycles. The van der Waals surface area contributed by atoms with Gasteiger partial charge in [-0.1, -0.05) is 0 Å². The van der Waals surface area contributed by atoms with E-state index in [-0.39, 0.29) is 6.61 Å². The lowest BCUT2D eigenvalue weighted by atomic mass is 10.1. The number of hydroxylamine groups is 2. The summed E-state index contributed by atoms with van der Waals surface area (Å²) in [5.41, 5.74) is 0.614. The van der Waals surface area contributed by atoms with E-state index in [2.05, 4.69) is 0 Å². The molecule has 0 unspecified atom stereocenters. The first kappa shape index (κ1) is 7.53. The van der Waals surface area contributed by atoms with Crippen molar-refractivity contribution in [3.63, 3.8) is 0 Å². The van der Waals surface area contributed by atoms with Crippen LogP contribution < -0.4 is 0 Å². The molecule has 1 radical (unpaired) electrons. The van der Waals surface area contributed by atoms with E-state index in [1.165, 1.54) is 19.3 Å². The Bertz CT molecular complexity index is 145. The van der Waals surface area contributed by atoms with Gasteiger partial charge in [-0.25, -0.2) is 5.11 Å². The van der Waals surface area contributed by atoms with Gasteiger partial charge >= 0.3 is 0 Å². The molecule has 1 saturated heterocycles. The van der Waals surface area contributed by atoms with Crippen LogP contribution in [0.4, 0.5) is 0 Å². The minimum atomic E-state index is -0.122. The summed E-state index contributed by atoms with van der Waals surface area (Å²) in [6.45, 7) is 2.31. The fraction of sp³-hybridized carbons (Fsp3) is 1.00. The van der Waals surface area contributed by atoms with Crippen LogP contribution in [0, 0.1) is 5.41 Å². The fourth-order valence-electron chi connectivity index (χ4n) is 1.76. The van der Waals surface area contributed by atoms with Gasteiger partial charge in [-0.2, -0.15) is 5.06 Å². The smallest absolute Gasteiger partial charge is 0.108 e. The van der Waals surface area contributed by atoms with Crippen molar-refractivity contribution in [1.29, 1.82) is 0 Å². The van der Waals surface area contributed by atoms with E-state index in [1.54, 1.807) is 0 Å². The fourth-order valence-corrected chi connectivity index (χ4v) is 1.76. The number of hydrogen-bond acceptors (Lipinski definition) is 2. The highest BCUT2D eigenvalue weighted by Crippen LogP contribution is 2.52. The topological polar surface area (TPSA) is 32.4 Å². The van der Waals surface area contributed by atoms with Crippen molar-refractivity contribution in [2.45, 2.75) is 19.3 Å². The summed E-state index contributed by atoms with van der Waals surface area (Å²) in [6.07, 6.45) is 4.00. The second kappa shape index (κ2) is 2.73. The number of nitrogens with zero attached hydrogens (tertiary/aromatic N) is 1. The van der Waals surface area contributed by atoms with Crippen LogP contribution in [0.2, 0.25) is 0 Å². The van der Waals surface area contributed by atoms with Crippen molar-refractivity contribution in [3.8, 4) is 0 Å². The largest absolute Gasteiger partial charge is 0.296 e. The highest BCUT2D eigenvalue weighted by molar-refractivity contribution is 4.98. The zero-order chi connectivity index (χ0) is 7.73. The Kier molecular flexibility index (Phi) is 1.87. The van der Waals surface area contributed by atoms with Gasteiger partial charge in [-0.05, 0) is 24.7 Å². The van der Waals surface area contributed by atoms with Gasteiger partial charge in [0.25, 0.3) is 0 Å². The summed E-state index contributed by atoms with van der Waals surface area (Å²) >= 11 is 0. The first-order valence-electron chi connectivity index (χ1n) is 4.31. The number of hydrogen-bond donors (Lipinski definition) is 0. The molecule has 2 rings (SSSR count). The zero-order valence-electron chi connectivity index (χ0n) is 6.71. The first-order valence-corrected chi connectivity index (χ1v) is 4.31. The summed E-state index contributed by atoms with van der Waals surface area (Å²) in [5, 5.41) is 12.1. The van der Waals surface area contributed by atoms with Crippen molar-refractivity contribution in [3.05, 3.63) is 0 Å².